The molecule has 3 nitrogen and oxygen atoms in total. The Kier molecular flexibility index (Phi) is 3.56. The Labute approximate surface area is 90.9 Å². The van der Waals surface area contributed by atoms with Gasteiger partial charge in [-0.2, -0.15) is 0 Å². The summed E-state index contributed by atoms with van der Waals surface area (Å²) in [6.45, 7) is 4.87. The van der Waals surface area contributed by atoms with Gasteiger partial charge in [0.15, 0.2) is 0 Å². The van der Waals surface area contributed by atoms with Gasteiger partial charge in [0.2, 0.25) is 5.88 Å². The lowest BCUT2D eigenvalue weighted by Crippen LogP contribution is -2.27. The van der Waals surface area contributed by atoms with E-state index in [4.69, 9.17) is 4.74 Å². The van der Waals surface area contributed by atoms with Crippen LogP contribution in [-0.4, -0.2) is 24.7 Å². The van der Waals surface area contributed by atoms with E-state index in [9.17, 15) is 0 Å². The highest BCUT2D eigenvalue weighted by Gasteiger charge is 2.16. The third-order valence-corrected chi connectivity index (χ3v) is 2.79. The molecule has 0 aromatic carbocycles. The third-order valence-electron chi connectivity index (χ3n) is 2.79. The molecule has 0 amide bonds. The minimum atomic E-state index is 0.603. The predicted molar refractivity (Wildman–Crippen MR) is 60.3 cm³/mol. The van der Waals surface area contributed by atoms with E-state index in [1.165, 1.54) is 18.5 Å². The van der Waals surface area contributed by atoms with Gasteiger partial charge in [0.1, 0.15) is 0 Å². The van der Waals surface area contributed by atoms with Crippen LogP contribution in [0.4, 0.5) is 0 Å². The van der Waals surface area contributed by atoms with Crippen molar-refractivity contribution < 1.29 is 4.74 Å². The van der Waals surface area contributed by atoms with E-state index < -0.39 is 0 Å². The van der Waals surface area contributed by atoms with Crippen LogP contribution in [-0.2, 0) is 0 Å². The van der Waals surface area contributed by atoms with Crippen LogP contribution < -0.4 is 10.1 Å². The van der Waals surface area contributed by atoms with Crippen molar-refractivity contribution in [1.29, 1.82) is 0 Å². The van der Waals surface area contributed by atoms with E-state index in [1.807, 2.05) is 19.1 Å². The second-order valence-electron chi connectivity index (χ2n) is 3.86. The fraction of sp³-hybridized carbons (Fsp3) is 0.583. The zero-order valence-corrected chi connectivity index (χ0v) is 9.20. The van der Waals surface area contributed by atoms with Crippen molar-refractivity contribution >= 4 is 0 Å². The van der Waals surface area contributed by atoms with Crippen molar-refractivity contribution in [3.8, 4) is 5.88 Å². The molecule has 15 heavy (non-hydrogen) atoms. The number of aromatic nitrogens is 1. The largest absolute Gasteiger partial charge is 0.478 e. The lowest BCUT2D eigenvalue weighted by atomic mass is 9.94. The van der Waals surface area contributed by atoms with Crippen LogP contribution in [0.2, 0.25) is 0 Å². The maximum atomic E-state index is 5.41. The molecule has 1 aromatic rings. The Balaban J connectivity index is 2.09. The Hall–Kier alpha value is -1.09. The first-order chi connectivity index (χ1) is 7.40. The summed E-state index contributed by atoms with van der Waals surface area (Å²) in [5.74, 6) is 1.36. The highest BCUT2D eigenvalue weighted by atomic mass is 16.5. The average Bonchev–Trinajstić information content (AvgIpc) is 2.31. The Morgan fingerprint density at radius 3 is 2.93 bits per heavy atom. The molecule has 1 aliphatic heterocycles. The fourth-order valence-corrected chi connectivity index (χ4v) is 2.00. The lowest BCUT2D eigenvalue weighted by Gasteiger charge is -2.22. The maximum Gasteiger partial charge on any atom is 0.213 e. The molecule has 0 bridgehead atoms. The molecule has 1 aromatic heterocycles. The van der Waals surface area contributed by atoms with E-state index in [-0.39, 0.29) is 0 Å². The van der Waals surface area contributed by atoms with Gasteiger partial charge in [0, 0.05) is 17.7 Å². The predicted octanol–water partition coefficient (Wildman–Crippen LogP) is 1.95. The molecular formula is C12H18N2O. The number of hydrogen-bond donors (Lipinski definition) is 1. The van der Waals surface area contributed by atoms with Gasteiger partial charge in [0.05, 0.1) is 6.61 Å². The van der Waals surface area contributed by atoms with Gasteiger partial charge in [0.25, 0.3) is 0 Å². The normalized spacial score (nSPS) is 17.7. The summed E-state index contributed by atoms with van der Waals surface area (Å²) in [4.78, 5) is 4.54. The molecule has 2 heterocycles. The van der Waals surface area contributed by atoms with Crippen LogP contribution in [0.25, 0.3) is 0 Å². The first kappa shape index (κ1) is 10.4. The van der Waals surface area contributed by atoms with E-state index >= 15 is 0 Å². The molecule has 1 saturated heterocycles. The average molecular weight is 206 g/mol. The Morgan fingerprint density at radius 2 is 2.20 bits per heavy atom. The Morgan fingerprint density at radius 1 is 1.40 bits per heavy atom. The third kappa shape index (κ3) is 2.69. The molecule has 3 heteroatoms. The van der Waals surface area contributed by atoms with E-state index in [0.717, 1.165) is 19.0 Å². The number of piperidine rings is 1. The van der Waals surface area contributed by atoms with Gasteiger partial charge in [-0.15, -0.1) is 0 Å². The van der Waals surface area contributed by atoms with Crippen LogP contribution in [0.15, 0.2) is 18.2 Å². The molecule has 2 rings (SSSR count). The molecular weight excluding hydrogens is 188 g/mol. The zero-order chi connectivity index (χ0) is 10.5. The van der Waals surface area contributed by atoms with E-state index in [1.54, 1.807) is 0 Å². The summed E-state index contributed by atoms with van der Waals surface area (Å²) in [6, 6.07) is 6.07. The maximum absolute atomic E-state index is 5.41. The van der Waals surface area contributed by atoms with Gasteiger partial charge < -0.3 is 10.1 Å². The molecule has 0 atom stereocenters. The summed E-state index contributed by atoms with van der Waals surface area (Å²) in [7, 11) is 0. The van der Waals surface area contributed by atoms with E-state index in [2.05, 4.69) is 16.4 Å². The molecule has 0 spiro atoms. The van der Waals surface area contributed by atoms with Crippen LogP contribution >= 0.6 is 0 Å². The molecule has 0 saturated carbocycles. The quantitative estimate of drug-likeness (QED) is 0.820. The molecule has 82 valence electrons. The van der Waals surface area contributed by atoms with Crippen molar-refractivity contribution in [3.05, 3.63) is 23.9 Å². The van der Waals surface area contributed by atoms with Crippen LogP contribution in [0, 0.1) is 0 Å². The molecule has 1 aliphatic rings. The molecule has 0 radical (unpaired) electrons. The number of hydrogen-bond acceptors (Lipinski definition) is 3. The van der Waals surface area contributed by atoms with Gasteiger partial charge in [-0.25, -0.2) is 4.98 Å². The SMILES string of the molecule is CCOc1cccc(C2CCNCC2)n1. The molecule has 0 aliphatic carbocycles. The summed E-state index contributed by atoms with van der Waals surface area (Å²) in [6.07, 6.45) is 2.37. The monoisotopic (exact) mass is 206 g/mol. The Bertz CT molecular complexity index is 308. The minimum absolute atomic E-state index is 0.603. The van der Waals surface area contributed by atoms with E-state index in [0.29, 0.717) is 12.5 Å². The number of pyridine rings is 1. The number of rotatable bonds is 3. The van der Waals surface area contributed by atoms with Gasteiger partial charge >= 0.3 is 0 Å². The number of nitrogens with one attached hydrogen (secondary N) is 1. The van der Waals surface area contributed by atoms with Gasteiger partial charge in [-0.05, 0) is 38.9 Å². The van der Waals surface area contributed by atoms with Gasteiger partial charge in [-0.1, -0.05) is 6.07 Å². The topological polar surface area (TPSA) is 34.1 Å². The number of nitrogens with zero attached hydrogens (tertiary/aromatic N) is 1. The smallest absolute Gasteiger partial charge is 0.213 e. The summed E-state index contributed by atoms with van der Waals surface area (Å²) in [5.41, 5.74) is 1.18. The molecule has 1 fully saturated rings. The van der Waals surface area contributed by atoms with Crippen LogP contribution in [0.3, 0.4) is 0 Å². The minimum Gasteiger partial charge on any atom is -0.478 e. The standard InChI is InChI=1S/C12H18N2O/c1-2-15-12-5-3-4-11(14-12)10-6-8-13-9-7-10/h3-5,10,13H,2,6-9H2,1H3. The van der Waals surface area contributed by atoms with Crippen LogP contribution in [0.5, 0.6) is 5.88 Å². The second kappa shape index (κ2) is 5.12. The van der Waals surface area contributed by atoms with Crippen molar-refractivity contribution in [3.63, 3.8) is 0 Å². The molecule has 1 N–H and O–H groups in total. The lowest BCUT2D eigenvalue weighted by molar-refractivity contribution is 0.323. The van der Waals surface area contributed by atoms with Gasteiger partial charge in [-0.3, -0.25) is 0 Å². The van der Waals surface area contributed by atoms with Crippen molar-refractivity contribution in [2.75, 3.05) is 19.7 Å². The summed E-state index contributed by atoms with van der Waals surface area (Å²) in [5, 5.41) is 3.37. The van der Waals surface area contributed by atoms with Crippen molar-refractivity contribution in [2.24, 2.45) is 0 Å². The zero-order valence-electron chi connectivity index (χ0n) is 9.20. The second-order valence-corrected chi connectivity index (χ2v) is 3.86. The van der Waals surface area contributed by atoms with Crippen LogP contribution in [0.1, 0.15) is 31.4 Å². The van der Waals surface area contributed by atoms with Crippen molar-refractivity contribution in [1.82, 2.24) is 10.3 Å². The first-order valence-electron chi connectivity index (χ1n) is 5.70. The number of ether oxygens (including phenoxy) is 1. The van der Waals surface area contributed by atoms with Crippen molar-refractivity contribution in [2.45, 2.75) is 25.7 Å². The first-order valence-corrected chi connectivity index (χ1v) is 5.70. The summed E-state index contributed by atoms with van der Waals surface area (Å²) >= 11 is 0. The fourth-order valence-electron chi connectivity index (χ4n) is 2.00. The highest BCUT2D eigenvalue weighted by molar-refractivity contribution is 5.19. The highest BCUT2D eigenvalue weighted by Crippen LogP contribution is 2.24. The molecule has 0 unspecified atom stereocenters. The summed E-state index contributed by atoms with van der Waals surface area (Å²) < 4.78 is 5.41.